The van der Waals surface area contributed by atoms with Gasteiger partial charge in [0.1, 0.15) is 5.82 Å². The molecule has 2 atom stereocenters. The number of nitrogens with zero attached hydrogens (tertiary/aromatic N) is 2. The van der Waals surface area contributed by atoms with Crippen LogP contribution in [-0.2, 0) is 20.5 Å². The molecule has 2 saturated heterocycles. The van der Waals surface area contributed by atoms with Crippen molar-refractivity contribution in [3.8, 4) is 0 Å². The number of piperidine rings is 1. The maximum Gasteiger partial charge on any atom is 0.218 e. The summed E-state index contributed by atoms with van der Waals surface area (Å²) >= 11 is 0. The number of anilines is 2. The van der Waals surface area contributed by atoms with Crippen molar-refractivity contribution in [2.45, 2.75) is 5.75 Å². The summed E-state index contributed by atoms with van der Waals surface area (Å²) in [4.78, 5) is 2.01. The van der Waals surface area contributed by atoms with Crippen LogP contribution < -0.4 is 10.2 Å². The lowest BCUT2D eigenvalue weighted by Gasteiger charge is -2.29. The van der Waals surface area contributed by atoms with Gasteiger partial charge in [0, 0.05) is 38.4 Å². The second-order valence-corrected chi connectivity index (χ2v) is 10.7. The van der Waals surface area contributed by atoms with Crippen molar-refractivity contribution in [1.29, 1.82) is 0 Å². The molecule has 31 heavy (non-hydrogen) atoms. The van der Waals surface area contributed by atoms with Crippen molar-refractivity contribution in [1.82, 2.24) is 4.31 Å². The number of morpholine rings is 1. The van der Waals surface area contributed by atoms with Gasteiger partial charge in [-0.3, -0.25) is 0 Å². The van der Waals surface area contributed by atoms with Crippen LogP contribution in [0.3, 0.4) is 0 Å². The highest BCUT2D eigenvalue weighted by Crippen LogP contribution is 2.52. The molecule has 0 radical (unpaired) electrons. The third-order valence-corrected chi connectivity index (χ3v) is 8.55. The number of fused-ring (bicyclic) bond motifs is 1. The molecule has 0 aromatic heterocycles. The monoisotopic (exact) mass is 445 g/mol. The van der Waals surface area contributed by atoms with Crippen LogP contribution >= 0.6 is 0 Å². The first kappa shape index (κ1) is 20.7. The van der Waals surface area contributed by atoms with Gasteiger partial charge in [0.2, 0.25) is 10.0 Å². The van der Waals surface area contributed by atoms with E-state index in [0.29, 0.717) is 62.8 Å². The van der Waals surface area contributed by atoms with Gasteiger partial charge < -0.3 is 15.0 Å². The normalized spacial score (nSPS) is 26.0. The molecule has 2 aliphatic heterocycles. The van der Waals surface area contributed by atoms with E-state index in [2.05, 4.69) is 5.32 Å². The molecule has 166 valence electrons. The fourth-order valence-corrected chi connectivity index (χ4v) is 6.52. The van der Waals surface area contributed by atoms with E-state index >= 15 is 0 Å². The molecule has 1 N–H and O–H groups in total. The summed E-state index contributed by atoms with van der Waals surface area (Å²) in [6.07, 6.45) is 0. The Balaban J connectivity index is 1.12. The van der Waals surface area contributed by atoms with Gasteiger partial charge in [-0.2, -0.15) is 0 Å². The van der Waals surface area contributed by atoms with E-state index in [9.17, 15) is 12.8 Å². The van der Waals surface area contributed by atoms with Crippen molar-refractivity contribution in [3.05, 3.63) is 59.9 Å². The van der Waals surface area contributed by atoms with Gasteiger partial charge in [0.25, 0.3) is 0 Å². The number of rotatable bonds is 7. The minimum atomic E-state index is -3.28. The molecule has 3 aliphatic rings. The Kier molecular flexibility index (Phi) is 5.62. The minimum absolute atomic E-state index is 0.0605. The first-order valence-electron chi connectivity index (χ1n) is 10.9. The Hall–Kier alpha value is -2.16. The van der Waals surface area contributed by atoms with E-state index in [0.717, 1.165) is 17.8 Å². The van der Waals surface area contributed by atoms with Crippen molar-refractivity contribution in [3.63, 3.8) is 0 Å². The van der Waals surface area contributed by atoms with E-state index in [-0.39, 0.29) is 11.6 Å². The van der Waals surface area contributed by atoms with Crippen LogP contribution in [0.4, 0.5) is 15.8 Å². The van der Waals surface area contributed by atoms with Crippen molar-refractivity contribution in [2.24, 2.45) is 17.8 Å². The van der Waals surface area contributed by atoms with E-state index < -0.39 is 10.0 Å². The summed E-state index contributed by atoms with van der Waals surface area (Å²) in [7, 11) is -3.28. The molecule has 2 heterocycles. The second-order valence-electron chi connectivity index (χ2n) is 8.70. The molecule has 2 unspecified atom stereocenters. The Morgan fingerprint density at radius 1 is 1.03 bits per heavy atom. The fraction of sp³-hybridized carbons (Fsp3) is 0.478. The molecule has 0 bridgehead atoms. The largest absolute Gasteiger partial charge is 0.385 e. The molecule has 1 aliphatic carbocycles. The zero-order chi connectivity index (χ0) is 21.4. The maximum absolute atomic E-state index is 14.6. The molecule has 5 rings (SSSR count). The Morgan fingerprint density at radius 3 is 2.42 bits per heavy atom. The molecule has 0 amide bonds. The Morgan fingerprint density at radius 2 is 1.74 bits per heavy atom. The molecule has 2 aromatic carbocycles. The molecule has 1 saturated carbocycles. The van der Waals surface area contributed by atoms with Gasteiger partial charge in [0.15, 0.2) is 0 Å². The number of hydrogen-bond acceptors (Lipinski definition) is 5. The number of halogens is 1. The quantitative estimate of drug-likeness (QED) is 0.710. The van der Waals surface area contributed by atoms with Crippen LogP contribution in [-0.4, -0.2) is 58.7 Å². The first-order valence-corrected chi connectivity index (χ1v) is 12.5. The zero-order valence-electron chi connectivity index (χ0n) is 17.4. The van der Waals surface area contributed by atoms with Crippen LogP contribution in [0, 0.1) is 23.6 Å². The highest BCUT2D eigenvalue weighted by molar-refractivity contribution is 7.88. The third kappa shape index (κ3) is 4.42. The lowest BCUT2D eigenvalue weighted by atomic mass is 10.2. The van der Waals surface area contributed by atoms with Gasteiger partial charge in [-0.1, -0.05) is 30.3 Å². The molecule has 6 nitrogen and oxygen atoms in total. The van der Waals surface area contributed by atoms with E-state index in [1.54, 1.807) is 10.4 Å². The predicted octanol–water partition coefficient (Wildman–Crippen LogP) is 2.78. The van der Waals surface area contributed by atoms with Crippen LogP contribution in [0.2, 0.25) is 0 Å². The molecule has 8 heteroatoms. The highest BCUT2D eigenvalue weighted by Gasteiger charge is 2.57. The second kappa shape index (κ2) is 8.41. The van der Waals surface area contributed by atoms with Crippen LogP contribution in [0.25, 0.3) is 0 Å². The maximum atomic E-state index is 14.6. The summed E-state index contributed by atoms with van der Waals surface area (Å²) < 4.78 is 47.0. The topological polar surface area (TPSA) is 61.9 Å². The van der Waals surface area contributed by atoms with Crippen LogP contribution in [0.5, 0.6) is 0 Å². The summed E-state index contributed by atoms with van der Waals surface area (Å²) in [6, 6.07) is 14.6. The molecular formula is C23H28FN3O3S. The lowest BCUT2D eigenvalue weighted by molar-refractivity contribution is 0.122. The van der Waals surface area contributed by atoms with E-state index in [1.807, 2.05) is 47.4 Å². The smallest absolute Gasteiger partial charge is 0.218 e. The molecular weight excluding hydrogens is 417 g/mol. The minimum Gasteiger partial charge on any atom is -0.385 e. The SMILES string of the molecule is O=S(=O)(Cc1ccccc1)N1CC2C(CNc3ccc(N4CCOCC4)c(F)c3)C2C1. The summed E-state index contributed by atoms with van der Waals surface area (Å²) in [6.45, 7) is 4.60. The molecule has 0 spiro atoms. The molecule has 2 aromatic rings. The van der Waals surface area contributed by atoms with E-state index in [1.165, 1.54) is 0 Å². The first-order chi connectivity index (χ1) is 15.0. The van der Waals surface area contributed by atoms with Crippen molar-refractivity contribution in [2.75, 3.05) is 56.2 Å². The van der Waals surface area contributed by atoms with Crippen molar-refractivity contribution >= 4 is 21.4 Å². The zero-order valence-corrected chi connectivity index (χ0v) is 18.2. The summed E-state index contributed by atoms with van der Waals surface area (Å²) in [5.74, 6) is 1.09. The average Bonchev–Trinajstić information content (AvgIpc) is 3.21. The summed E-state index contributed by atoms with van der Waals surface area (Å²) in [5.41, 5.74) is 2.22. The number of sulfonamides is 1. The van der Waals surface area contributed by atoms with Crippen LogP contribution in [0.1, 0.15) is 5.56 Å². The van der Waals surface area contributed by atoms with Gasteiger partial charge in [-0.05, 0) is 41.5 Å². The number of hydrogen-bond donors (Lipinski definition) is 1. The average molecular weight is 446 g/mol. The fourth-order valence-electron chi connectivity index (χ4n) is 4.93. The van der Waals surface area contributed by atoms with Crippen LogP contribution in [0.15, 0.2) is 48.5 Å². The van der Waals surface area contributed by atoms with Gasteiger partial charge in [-0.15, -0.1) is 0 Å². The molecule has 3 fully saturated rings. The lowest BCUT2D eigenvalue weighted by Crippen LogP contribution is -2.36. The number of nitrogens with one attached hydrogen (secondary N) is 1. The summed E-state index contributed by atoms with van der Waals surface area (Å²) in [5, 5.41) is 3.35. The standard InChI is InChI=1S/C23H28FN3O3S/c24-22-12-18(6-7-23(22)26-8-10-30-11-9-26)25-13-19-20-14-27(15-21(19)20)31(28,29)16-17-4-2-1-3-5-17/h1-7,12,19-21,25H,8-11,13-16H2. The number of ether oxygens (including phenoxy) is 1. The van der Waals surface area contributed by atoms with Gasteiger partial charge >= 0.3 is 0 Å². The van der Waals surface area contributed by atoms with Crippen molar-refractivity contribution < 1.29 is 17.5 Å². The van der Waals surface area contributed by atoms with Gasteiger partial charge in [0.05, 0.1) is 24.7 Å². The van der Waals surface area contributed by atoms with Gasteiger partial charge in [-0.25, -0.2) is 17.1 Å². The predicted molar refractivity (Wildman–Crippen MR) is 119 cm³/mol. The third-order valence-electron chi connectivity index (χ3n) is 6.76. The van der Waals surface area contributed by atoms with E-state index in [4.69, 9.17) is 4.74 Å². The Labute approximate surface area is 183 Å². The Bertz CT molecular complexity index is 1020. The highest BCUT2D eigenvalue weighted by atomic mass is 32.2. The number of benzene rings is 2.